The molecular weight excluding hydrogens is 302 g/mol. The largest absolute Gasteiger partial charge is 0.335 e. The lowest BCUT2D eigenvalue weighted by atomic mass is 10.1. The van der Waals surface area contributed by atoms with Crippen LogP contribution in [-0.4, -0.2) is 38.3 Å². The predicted molar refractivity (Wildman–Crippen MR) is 90.5 cm³/mol. The van der Waals surface area contributed by atoms with Crippen LogP contribution in [0.3, 0.4) is 0 Å². The highest BCUT2D eigenvalue weighted by Crippen LogP contribution is 2.39. The number of urea groups is 1. The minimum Gasteiger partial charge on any atom is -0.335 e. The Bertz CT molecular complexity index is 722. The fourth-order valence-corrected chi connectivity index (χ4v) is 3.23. The molecule has 1 aliphatic heterocycles. The Morgan fingerprint density at radius 1 is 1.38 bits per heavy atom. The molecule has 2 aromatic rings. The average molecular weight is 325 g/mol. The number of rotatable bonds is 4. The Labute approximate surface area is 141 Å². The maximum atomic E-state index is 12.5. The Hall–Kier alpha value is -2.37. The summed E-state index contributed by atoms with van der Waals surface area (Å²) in [5, 5.41) is 7.76. The normalized spacial score (nSPS) is 18.1. The predicted octanol–water partition coefficient (Wildman–Crippen LogP) is 2.31. The molecule has 6 heteroatoms. The Kier molecular flexibility index (Phi) is 3.96. The molecule has 0 radical (unpaired) electrons. The smallest absolute Gasteiger partial charge is 0.318 e. The zero-order chi connectivity index (χ0) is 16.5. The van der Waals surface area contributed by atoms with E-state index in [1.807, 2.05) is 30.0 Å². The fourth-order valence-electron chi connectivity index (χ4n) is 3.23. The molecule has 3 heterocycles. The summed E-state index contributed by atoms with van der Waals surface area (Å²) in [6.45, 7) is 4.15. The van der Waals surface area contributed by atoms with Crippen LogP contribution in [0.25, 0.3) is 0 Å². The van der Waals surface area contributed by atoms with Crippen molar-refractivity contribution >= 4 is 6.03 Å². The molecule has 1 atom stereocenters. The number of carbonyl (C=O) groups is 1. The topological polar surface area (TPSA) is 63.1 Å². The summed E-state index contributed by atoms with van der Waals surface area (Å²) in [7, 11) is 0. The first kappa shape index (κ1) is 15.2. The molecule has 2 aromatic heterocycles. The van der Waals surface area contributed by atoms with Gasteiger partial charge in [-0.2, -0.15) is 5.10 Å². The van der Waals surface area contributed by atoms with E-state index >= 15 is 0 Å². The third-order valence-electron chi connectivity index (χ3n) is 4.71. The molecule has 24 heavy (non-hydrogen) atoms. The Morgan fingerprint density at radius 2 is 2.25 bits per heavy atom. The Balaban J connectivity index is 1.34. The summed E-state index contributed by atoms with van der Waals surface area (Å²) in [6, 6.07) is 8.09. The van der Waals surface area contributed by atoms with E-state index in [1.54, 1.807) is 6.20 Å². The third-order valence-corrected chi connectivity index (χ3v) is 4.71. The number of nitrogens with zero attached hydrogens (tertiary/aromatic N) is 4. The molecule has 2 amide bonds. The third kappa shape index (κ3) is 3.27. The van der Waals surface area contributed by atoms with Crippen molar-refractivity contribution in [1.29, 1.82) is 0 Å². The molecular formula is C18H23N5O. The van der Waals surface area contributed by atoms with E-state index in [0.717, 1.165) is 24.4 Å². The van der Waals surface area contributed by atoms with Crippen molar-refractivity contribution in [3.05, 3.63) is 47.5 Å². The number of hydrogen-bond acceptors (Lipinski definition) is 3. The second-order valence-electron chi connectivity index (χ2n) is 6.86. The highest BCUT2D eigenvalue weighted by molar-refractivity contribution is 5.74. The fraction of sp³-hybridized carbons (Fsp3) is 0.500. The van der Waals surface area contributed by atoms with Crippen LogP contribution in [-0.2, 0) is 19.5 Å². The number of fused-ring (bicyclic) bond motifs is 1. The van der Waals surface area contributed by atoms with E-state index in [-0.39, 0.29) is 12.1 Å². The van der Waals surface area contributed by atoms with E-state index in [9.17, 15) is 4.79 Å². The zero-order valence-corrected chi connectivity index (χ0v) is 14.0. The van der Waals surface area contributed by atoms with Gasteiger partial charge in [0.2, 0.25) is 0 Å². The molecule has 2 aliphatic rings. The van der Waals surface area contributed by atoms with Crippen molar-refractivity contribution in [1.82, 2.24) is 25.0 Å². The van der Waals surface area contributed by atoms with Gasteiger partial charge in [-0.3, -0.25) is 9.67 Å². The molecule has 1 aliphatic carbocycles. The van der Waals surface area contributed by atoms with Crippen LogP contribution in [0.15, 0.2) is 30.5 Å². The van der Waals surface area contributed by atoms with E-state index in [1.165, 1.54) is 18.5 Å². The molecule has 0 saturated heterocycles. The average Bonchev–Trinajstić information content (AvgIpc) is 3.34. The Morgan fingerprint density at radius 3 is 3.00 bits per heavy atom. The molecule has 0 bridgehead atoms. The first-order chi connectivity index (χ1) is 11.7. The monoisotopic (exact) mass is 325 g/mol. The van der Waals surface area contributed by atoms with Crippen LogP contribution >= 0.6 is 0 Å². The molecule has 1 saturated carbocycles. The lowest BCUT2D eigenvalue weighted by Gasteiger charge is -2.29. The molecule has 1 unspecified atom stereocenters. The van der Waals surface area contributed by atoms with Gasteiger partial charge in [0.15, 0.2) is 0 Å². The highest BCUT2D eigenvalue weighted by Gasteiger charge is 2.29. The quantitative estimate of drug-likeness (QED) is 0.938. The van der Waals surface area contributed by atoms with E-state index in [2.05, 4.69) is 26.1 Å². The van der Waals surface area contributed by atoms with Crippen LogP contribution in [0, 0.1) is 0 Å². The number of hydrogen-bond donors (Lipinski definition) is 1. The van der Waals surface area contributed by atoms with Crippen LogP contribution in [0.5, 0.6) is 0 Å². The molecule has 0 aromatic carbocycles. The summed E-state index contributed by atoms with van der Waals surface area (Å²) in [5.41, 5.74) is 3.35. The second kappa shape index (κ2) is 6.26. The van der Waals surface area contributed by atoms with Gasteiger partial charge < -0.3 is 10.2 Å². The maximum Gasteiger partial charge on any atom is 0.318 e. The summed E-state index contributed by atoms with van der Waals surface area (Å²) in [4.78, 5) is 18.7. The first-order valence-electron chi connectivity index (χ1n) is 8.71. The van der Waals surface area contributed by atoms with E-state index in [4.69, 9.17) is 0 Å². The molecule has 4 rings (SSSR count). The summed E-state index contributed by atoms with van der Waals surface area (Å²) >= 11 is 0. The van der Waals surface area contributed by atoms with E-state index in [0.29, 0.717) is 19.0 Å². The van der Waals surface area contributed by atoms with Crippen molar-refractivity contribution in [2.75, 3.05) is 6.54 Å². The lowest BCUT2D eigenvalue weighted by molar-refractivity contribution is 0.178. The van der Waals surface area contributed by atoms with Gasteiger partial charge in [-0.15, -0.1) is 0 Å². The molecule has 0 spiro atoms. The first-order valence-corrected chi connectivity index (χ1v) is 8.71. The van der Waals surface area contributed by atoms with Crippen LogP contribution < -0.4 is 5.32 Å². The summed E-state index contributed by atoms with van der Waals surface area (Å²) < 4.78 is 2.06. The van der Waals surface area contributed by atoms with Crippen LogP contribution in [0.1, 0.15) is 42.8 Å². The van der Waals surface area contributed by atoms with Gasteiger partial charge in [-0.1, -0.05) is 6.07 Å². The number of carbonyl (C=O) groups excluding carboxylic acids is 1. The van der Waals surface area contributed by atoms with Crippen molar-refractivity contribution < 1.29 is 4.79 Å². The van der Waals surface area contributed by atoms with Gasteiger partial charge in [0, 0.05) is 36.8 Å². The number of amides is 2. The van der Waals surface area contributed by atoms with Crippen molar-refractivity contribution in [2.24, 2.45) is 0 Å². The van der Waals surface area contributed by atoms with Gasteiger partial charge in [0.1, 0.15) is 0 Å². The maximum absolute atomic E-state index is 12.5. The second-order valence-corrected chi connectivity index (χ2v) is 6.86. The summed E-state index contributed by atoms with van der Waals surface area (Å²) in [5.74, 6) is 0.656. The number of nitrogens with one attached hydrogen (secondary N) is 1. The number of pyridine rings is 1. The zero-order valence-electron chi connectivity index (χ0n) is 14.0. The van der Waals surface area contributed by atoms with Crippen molar-refractivity contribution in [3.63, 3.8) is 0 Å². The summed E-state index contributed by atoms with van der Waals surface area (Å²) in [6.07, 6.45) is 5.04. The molecule has 126 valence electrons. The van der Waals surface area contributed by atoms with Crippen molar-refractivity contribution in [3.8, 4) is 0 Å². The van der Waals surface area contributed by atoms with Gasteiger partial charge in [0.05, 0.1) is 24.5 Å². The molecule has 1 fully saturated rings. The van der Waals surface area contributed by atoms with Gasteiger partial charge in [-0.25, -0.2) is 4.79 Å². The van der Waals surface area contributed by atoms with E-state index < -0.39 is 0 Å². The minimum atomic E-state index is -0.00106. The van der Waals surface area contributed by atoms with Gasteiger partial charge >= 0.3 is 6.03 Å². The standard InChI is InChI=1S/C18H23N5O/c1-13(10-15-4-2-3-7-19-15)20-18(24)22-8-9-23-16(12-22)11-17(21-23)14-5-6-14/h2-4,7,11,13-14H,5-6,8-10,12H2,1H3,(H,20,24). The van der Waals surface area contributed by atoms with Gasteiger partial charge in [-0.05, 0) is 38.0 Å². The highest BCUT2D eigenvalue weighted by atomic mass is 16.2. The van der Waals surface area contributed by atoms with Crippen LogP contribution in [0.2, 0.25) is 0 Å². The minimum absolute atomic E-state index is 0.00106. The van der Waals surface area contributed by atoms with Crippen molar-refractivity contribution in [2.45, 2.75) is 51.2 Å². The van der Waals surface area contributed by atoms with Gasteiger partial charge in [0.25, 0.3) is 0 Å². The lowest BCUT2D eigenvalue weighted by Crippen LogP contribution is -2.47. The van der Waals surface area contributed by atoms with Crippen LogP contribution in [0.4, 0.5) is 4.79 Å². The molecule has 1 N–H and O–H groups in total. The number of aromatic nitrogens is 3. The molecule has 6 nitrogen and oxygen atoms in total. The SMILES string of the molecule is CC(Cc1ccccn1)NC(=O)N1CCn2nc(C3CC3)cc2C1.